The third kappa shape index (κ3) is 5.90. The molecule has 4 rings (SSSR count). The van der Waals surface area contributed by atoms with Gasteiger partial charge >= 0.3 is 0 Å². The fraction of sp³-hybridized carbons (Fsp3) is 0.115. The van der Waals surface area contributed by atoms with Crippen LogP contribution in [0.15, 0.2) is 77.3 Å². The SMILES string of the molecule is COc1ccc(Br)c(C(=O)Nc2ccc(Nc3cc(Nc4ccc(C)cc4)nc(C)n3)cc2)c1. The van der Waals surface area contributed by atoms with E-state index in [1.54, 1.807) is 25.3 Å². The van der Waals surface area contributed by atoms with Crippen LogP contribution in [0.1, 0.15) is 21.7 Å². The van der Waals surface area contributed by atoms with Gasteiger partial charge in [0.05, 0.1) is 12.7 Å². The summed E-state index contributed by atoms with van der Waals surface area (Å²) in [6.07, 6.45) is 0. The Hall–Kier alpha value is -3.91. The van der Waals surface area contributed by atoms with Crippen LogP contribution < -0.4 is 20.7 Å². The van der Waals surface area contributed by atoms with E-state index in [0.717, 1.165) is 11.4 Å². The molecule has 0 radical (unpaired) electrons. The minimum Gasteiger partial charge on any atom is -0.497 e. The van der Waals surface area contributed by atoms with Crippen molar-refractivity contribution in [2.24, 2.45) is 0 Å². The van der Waals surface area contributed by atoms with E-state index in [-0.39, 0.29) is 5.91 Å². The zero-order valence-corrected chi connectivity index (χ0v) is 20.6. The van der Waals surface area contributed by atoms with Crippen molar-refractivity contribution >= 4 is 50.5 Å². The lowest BCUT2D eigenvalue weighted by Gasteiger charge is -2.12. The minimum atomic E-state index is -0.232. The molecule has 0 unspecified atom stereocenters. The summed E-state index contributed by atoms with van der Waals surface area (Å²) < 4.78 is 5.91. The van der Waals surface area contributed by atoms with Crippen molar-refractivity contribution in [2.45, 2.75) is 13.8 Å². The smallest absolute Gasteiger partial charge is 0.256 e. The van der Waals surface area contributed by atoms with Crippen molar-refractivity contribution in [1.82, 2.24) is 9.97 Å². The first kappa shape index (κ1) is 23.3. The molecule has 0 saturated carbocycles. The van der Waals surface area contributed by atoms with Crippen molar-refractivity contribution < 1.29 is 9.53 Å². The van der Waals surface area contributed by atoms with E-state index in [0.29, 0.717) is 38.9 Å². The molecular weight excluding hydrogens is 494 g/mol. The van der Waals surface area contributed by atoms with Gasteiger partial charge in [-0.3, -0.25) is 4.79 Å². The Labute approximate surface area is 206 Å². The van der Waals surface area contributed by atoms with Crippen molar-refractivity contribution in [3.05, 3.63) is 94.2 Å². The molecule has 4 aromatic rings. The molecule has 0 fully saturated rings. The Morgan fingerprint density at radius 1 is 0.794 bits per heavy atom. The lowest BCUT2D eigenvalue weighted by atomic mass is 10.2. The lowest BCUT2D eigenvalue weighted by molar-refractivity contribution is 0.102. The van der Waals surface area contributed by atoms with Crippen molar-refractivity contribution in [1.29, 1.82) is 0 Å². The maximum Gasteiger partial charge on any atom is 0.256 e. The standard InChI is InChI=1S/C26H24BrN5O2/c1-16-4-6-18(7-5-16)30-24-15-25(29-17(2)28-24)31-19-8-10-20(11-9-19)32-26(33)22-14-21(34-3)12-13-23(22)27/h4-15H,1-3H3,(H,32,33)(H2,28,29,30,31). The van der Waals surface area contributed by atoms with Crippen LogP contribution >= 0.6 is 15.9 Å². The lowest BCUT2D eigenvalue weighted by Crippen LogP contribution is -2.12. The van der Waals surface area contributed by atoms with E-state index in [1.807, 2.05) is 61.5 Å². The average Bonchev–Trinajstić information content (AvgIpc) is 2.82. The molecular formula is C26H24BrN5O2. The van der Waals surface area contributed by atoms with Crippen molar-refractivity contribution in [3.8, 4) is 5.75 Å². The number of benzene rings is 3. The number of carbonyl (C=O) groups is 1. The average molecular weight is 518 g/mol. The molecule has 0 atom stereocenters. The molecule has 0 spiro atoms. The van der Waals surface area contributed by atoms with Crippen LogP contribution in [-0.4, -0.2) is 23.0 Å². The zero-order chi connectivity index (χ0) is 24.1. The number of amides is 1. The number of methoxy groups -OCH3 is 1. The molecule has 7 nitrogen and oxygen atoms in total. The first-order valence-electron chi connectivity index (χ1n) is 10.6. The summed E-state index contributed by atoms with van der Waals surface area (Å²) in [6.45, 7) is 3.90. The first-order valence-corrected chi connectivity index (χ1v) is 11.4. The van der Waals surface area contributed by atoms with Gasteiger partial charge in [0.1, 0.15) is 23.2 Å². The number of nitrogens with zero attached hydrogens (tertiary/aromatic N) is 2. The van der Waals surface area contributed by atoms with Gasteiger partial charge in [-0.05, 0) is 84.4 Å². The number of nitrogens with one attached hydrogen (secondary N) is 3. The molecule has 0 aliphatic rings. The van der Waals surface area contributed by atoms with Gasteiger partial charge in [0.25, 0.3) is 5.91 Å². The summed E-state index contributed by atoms with van der Waals surface area (Å²) in [5.41, 5.74) is 4.15. The van der Waals surface area contributed by atoms with Gasteiger partial charge in [0.15, 0.2) is 0 Å². The Bertz CT molecular complexity index is 1310. The Morgan fingerprint density at radius 2 is 1.35 bits per heavy atom. The summed E-state index contributed by atoms with van der Waals surface area (Å²) in [6, 6.07) is 22.6. The summed E-state index contributed by atoms with van der Waals surface area (Å²) in [7, 11) is 1.57. The highest BCUT2D eigenvalue weighted by Gasteiger charge is 2.12. The predicted molar refractivity (Wildman–Crippen MR) is 140 cm³/mol. The number of carbonyl (C=O) groups excluding carboxylic acids is 1. The van der Waals surface area contributed by atoms with E-state index in [1.165, 1.54) is 5.56 Å². The van der Waals surface area contributed by atoms with Crippen LogP contribution in [0.2, 0.25) is 0 Å². The van der Waals surface area contributed by atoms with Crippen LogP contribution in [0.4, 0.5) is 28.7 Å². The number of ether oxygens (including phenoxy) is 1. The Morgan fingerprint density at radius 3 is 1.94 bits per heavy atom. The van der Waals surface area contributed by atoms with Gasteiger partial charge in [-0.15, -0.1) is 0 Å². The molecule has 0 aliphatic heterocycles. The molecule has 0 aliphatic carbocycles. The highest BCUT2D eigenvalue weighted by molar-refractivity contribution is 9.10. The largest absolute Gasteiger partial charge is 0.497 e. The number of rotatable bonds is 7. The second kappa shape index (κ2) is 10.4. The van der Waals surface area contributed by atoms with E-state index in [2.05, 4.69) is 48.8 Å². The first-order chi connectivity index (χ1) is 16.4. The third-order valence-corrected chi connectivity index (χ3v) is 5.69. The van der Waals surface area contributed by atoms with E-state index >= 15 is 0 Å². The number of halogens is 1. The van der Waals surface area contributed by atoms with Gasteiger partial charge in [-0.2, -0.15) is 0 Å². The highest BCUT2D eigenvalue weighted by Crippen LogP contribution is 2.25. The van der Waals surface area contributed by atoms with Crippen molar-refractivity contribution in [2.75, 3.05) is 23.1 Å². The zero-order valence-electron chi connectivity index (χ0n) is 19.0. The van der Waals surface area contributed by atoms with Crippen LogP contribution in [-0.2, 0) is 0 Å². The third-order valence-electron chi connectivity index (χ3n) is 5.00. The molecule has 8 heteroatoms. The summed E-state index contributed by atoms with van der Waals surface area (Å²) in [5.74, 6) is 2.40. The van der Waals surface area contributed by atoms with Gasteiger partial charge < -0.3 is 20.7 Å². The number of aryl methyl sites for hydroxylation is 2. The normalized spacial score (nSPS) is 10.5. The number of hydrogen-bond acceptors (Lipinski definition) is 6. The van der Waals surface area contributed by atoms with Gasteiger partial charge in [0, 0.05) is 27.6 Å². The van der Waals surface area contributed by atoms with Crippen LogP contribution in [0.25, 0.3) is 0 Å². The molecule has 34 heavy (non-hydrogen) atoms. The minimum absolute atomic E-state index is 0.232. The van der Waals surface area contributed by atoms with E-state index < -0.39 is 0 Å². The van der Waals surface area contributed by atoms with Gasteiger partial charge in [-0.1, -0.05) is 17.7 Å². The summed E-state index contributed by atoms with van der Waals surface area (Å²) in [4.78, 5) is 21.6. The Kier molecular flexibility index (Phi) is 7.08. The molecule has 0 saturated heterocycles. The van der Waals surface area contributed by atoms with Crippen LogP contribution in [0.5, 0.6) is 5.75 Å². The number of anilines is 5. The molecule has 0 bridgehead atoms. The molecule has 3 aromatic carbocycles. The topological polar surface area (TPSA) is 88.2 Å². The fourth-order valence-electron chi connectivity index (χ4n) is 3.27. The number of hydrogen-bond donors (Lipinski definition) is 3. The monoisotopic (exact) mass is 517 g/mol. The highest BCUT2D eigenvalue weighted by atomic mass is 79.9. The molecule has 1 heterocycles. The maximum atomic E-state index is 12.7. The van der Waals surface area contributed by atoms with Gasteiger partial charge in [0.2, 0.25) is 0 Å². The summed E-state index contributed by atoms with van der Waals surface area (Å²) >= 11 is 3.41. The van der Waals surface area contributed by atoms with Crippen LogP contribution in [0, 0.1) is 13.8 Å². The predicted octanol–water partition coefficient (Wildman–Crippen LogP) is 6.60. The second-order valence-corrected chi connectivity index (χ2v) is 8.53. The number of aromatic nitrogens is 2. The quantitative estimate of drug-likeness (QED) is 0.255. The molecule has 1 amide bonds. The Balaban J connectivity index is 1.44. The van der Waals surface area contributed by atoms with Gasteiger partial charge in [-0.25, -0.2) is 9.97 Å². The molecule has 3 N–H and O–H groups in total. The second-order valence-electron chi connectivity index (χ2n) is 7.68. The maximum absolute atomic E-state index is 12.7. The van der Waals surface area contributed by atoms with E-state index in [4.69, 9.17) is 4.74 Å². The van der Waals surface area contributed by atoms with Crippen LogP contribution in [0.3, 0.4) is 0 Å². The van der Waals surface area contributed by atoms with Crippen molar-refractivity contribution in [3.63, 3.8) is 0 Å². The molecule has 1 aromatic heterocycles. The fourth-order valence-corrected chi connectivity index (χ4v) is 3.70. The molecule has 172 valence electrons. The van der Waals surface area contributed by atoms with E-state index in [9.17, 15) is 4.79 Å². The summed E-state index contributed by atoms with van der Waals surface area (Å²) in [5, 5.41) is 9.50.